The lowest BCUT2D eigenvalue weighted by atomic mass is 9.87. The van der Waals surface area contributed by atoms with Gasteiger partial charge in [-0.25, -0.2) is 0 Å². The van der Waals surface area contributed by atoms with Crippen LogP contribution in [0.3, 0.4) is 0 Å². The van der Waals surface area contributed by atoms with E-state index in [0.29, 0.717) is 0 Å². The Morgan fingerprint density at radius 3 is 0.846 bits per heavy atom. The summed E-state index contributed by atoms with van der Waals surface area (Å²) in [5, 5.41) is 7.00. The molecule has 0 radical (unpaired) electrons. The van der Waals surface area contributed by atoms with E-state index in [4.69, 9.17) is 5.11 Å². The third kappa shape index (κ3) is 11.1. The number of rotatable bonds is 0. The van der Waals surface area contributed by atoms with E-state index >= 15 is 0 Å². The predicted octanol–water partition coefficient (Wildman–Crippen LogP) is 7.22. The second kappa shape index (κ2) is 12.7. The van der Waals surface area contributed by atoms with Gasteiger partial charge in [-0.2, -0.15) is 0 Å². The molecule has 148 valence electrons. The first-order chi connectivity index (χ1) is 12.0. The summed E-state index contributed by atoms with van der Waals surface area (Å²) < 4.78 is 0. The molecular weight excluding hydrogens is 316 g/mol. The highest BCUT2D eigenvalue weighted by Gasteiger charge is 2.12. The van der Waals surface area contributed by atoms with Gasteiger partial charge in [-0.15, -0.1) is 0 Å². The molecule has 1 N–H and O–H groups in total. The lowest BCUT2D eigenvalue weighted by molar-refractivity contribution is 0.399. The van der Waals surface area contributed by atoms with Gasteiger partial charge in [0.15, 0.2) is 0 Å². The normalized spacial score (nSPS) is 10.3. The largest absolute Gasteiger partial charge is 0.400 e. The summed E-state index contributed by atoms with van der Waals surface area (Å²) in [7, 11) is 1.00. The first-order valence-corrected chi connectivity index (χ1v) is 9.59. The van der Waals surface area contributed by atoms with Gasteiger partial charge in [0.1, 0.15) is 0 Å². The summed E-state index contributed by atoms with van der Waals surface area (Å²) in [4.78, 5) is 0. The Kier molecular flexibility index (Phi) is 13.0. The van der Waals surface area contributed by atoms with Crippen LogP contribution in [0.4, 0.5) is 0 Å². The number of aliphatic hydroxyl groups is 1. The summed E-state index contributed by atoms with van der Waals surface area (Å²) in [6.45, 7) is 21.6. The van der Waals surface area contributed by atoms with Crippen molar-refractivity contribution in [3.8, 4) is 0 Å². The van der Waals surface area contributed by atoms with Crippen LogP contribution in [0.1, 0.15) is 77.6 Å². The fourth-order valence-electron chi connectivity index (χ4n) is 2.11. The molecule has 1 nitrogen and oxygen atoms in total. The zero-order valence-electron chi connectivity index (χ0n) is 19.1. The maximum absolute atomic E-state index is 7.00. The van der Waals surface area contributed by atoms with E-state index in [1.165, 1.54) is 22.3 Å². The summed E-state index contributed by atoms with van der Waals surface area (Å²) in [5.41, 5.74) is 6.05. The second-order valence-electron chi connectivity index (χ2n) is 8.23. The van der Waals surface area contributed by atoms with Crippen LogP contribution in [0.2, 0.25) is 0 Å². The third-order valence-electron chi connectivity index (χ3n) is 3.84. The summed E-state index contributed by atoms with van der Waals surface area (Å²) in [6, 6.07) is 17.5. The first-order valence-electron chi connectivity index (χ1n) is 9.59. The highest BCUT2D eigenvalue weighted by atomic mass is 16.2. The molecule has 0 saturated heterocycles. The quantitative estimate of drug-likeness (QED) is 0.527. The van der Waals surface area contributed by atoms with Crippen molar-refractivity contribution in [1.82, 2.24) is 0 Å². The van der Waals surface area contributed by atoms with Gasteiger partial charge in [0.25, 0.3) is 0 Å². The van der Waals surface area contributed by atoms with Crippen LogP contribution in [0.5, 0.6) is 0 Å². The summed E-state index contributed by atoms with van der Waals surface area (Å²) in [5.74, 6) is 0. The number of aliphatic hydroxyl groups excluding tert-OH is 1. The van der Waals surface area contributed by atoms with E-state index in [1.807, 2.05) is 13.8 Å². The van der Waals surface area contributed by atoms with Crippen molar-refractivity contribution >= 4 is 0 Å². The predicted molar refractivity (Wildman–Crippen MR) is 119 cm³/mol. The Morgan fingerprint density at radius 2 is 0.692 bits per heavy atom. The Bertz CT molecular complexity index is 508. The number of hydrogen-bond donors (Lipinski definition) is 1. The average Bonchev–Trinajstić information content (AvgIpc) is 2.58. The standard InChI is InChI=1S/2C11H16.C2H6.CH4O/c2*1-9-5-7-10(8-6-9)11(2,3)4;2*1-2/h2*5-8H,1-4H3;1-2H3;2H,1H3. The molecule has 0 aliphatic carbocycles. The molecule has 1 heteroatoms. The van der Waals surface area contributed by atoms with E-state index in [2.05, 4.69) is 104 Å². The van der Waals surface area contributed by atoms with Gasteiger partial charge in [0, 0.05) is 7.11 Å². The number of benzene rings is 2. The van der Waals surface area contributed by atoms with Gasteiger partial charge in [0.2, 0.25) is 0 Å². The van der Waals surface area contributed by atoms with Crippen LogP contribution in [0, 0.1) is 13.8 Å². The van der Waals surface area contributed by atoms with E-state index in [9.17, 15) is 0 Å². The van der Waals surface area contributed by atoms with Crippen molar-refractivity contribution in [3.05, 3.63) is 70.8 Å². The molecule has 0 heterocycles. The molecule has 0 saturated carbocycles. The highest BCUT2D eigenvalue weighted by Crippen LogP contribution is 2.22. The van der Waals surface area contributed by atoms with Crippen LogP contribution >= 0.6 is 0 Å². The van der Waals surface area contributed by atoms with Crippen LogP contribution in [-0.4, -0.2) is 12.2 Å². The van der Waals surface area contributed by atoms with Gasteiger partial charge < -0.3 is 5.11 Å². The second-order valence-corrected chi connectivity index (χ2v) is 8.23. The molecule has 0 atom stereocenters. The van der Waals surface area contributed by atoms with E-state index in [1.54, 1.807) is 0 Å². The molecule has 2 rings (SSSR count). The lowest BCUT2D eigenvalue weighted by Gasteiger charge is -2.18. The van der Waals surface area contributed by atoms with Crippen LogP contribution < -0.4 is 0 Å². The molecule has 0 fully saturated rings. The molecule has 0 spiro atoms. The topological polar surface area (TPSA) is 20.2 Å². The van der Waals surface area contributed by atoms with Gasteiger partial charge in [-0.3, -0.25) is 0 Å². The van der Waals surface area contributed by atoms with Crippen molar-refractivity contribution in [2.24, 2.45) is 0 Å². The van der Waals surface area contributed by atoms with E-state index in [0.717, 1.165) is 7.11 Å². The van der Waals surface area contributed by atoms with Gasteiger partial charge >= 0.3 is 0 Å². The maximum atomic E-state index is 7.00. The van der Waals surface area contributed by atoms with Crippen molar-refractivity contribution in [3.63, 3.8) is 0 Å². The first kappa shape index (κ1) is 26.6. The van der Waals surface area contributed by atoms with Crippen molar-refractivity contribution in [2.45, 2.75) is 80.1 Å². The van der Waals surface area contributed by atoms with E-state index < -0.39 is 0 Å². The summed E-state index contributed by atoms with van der Waals surface area (Å²) >= 11 is 0. The number of aryl methyl sites for hydroxylation is 2. The lowest BCUT2D eigenvalue weighted by Crippen LogP contribution is -2.10. The zero-order chi connectivity index (χ0) is 21.0. The average molecular weight is 359 g/mol. The van der Waals surface area contributed by atoms with E-state index in [-0.39, 0.29) is 10.8 Å². The van der Waals surface area contributed by atoms with Crippen LogP contribution in [-0.2, 0) is 10.8 Å². The molecule has 0 aromatic heterocycles. The minimum atomic E-state index is 0.285. The molecule has 0 aliphatic rings. The third-order valence-corrected chi connectivity index (χ3v) is 3.84. The van der Waals surface area contributed by atoms with Gasteiger partial charge in [0.05, 0.1) is 0 Å². The maximum Gasteiger partial charge on any atom is 0.0319 e. The Morgan fingerprint density at radius 1 is 0.500 bits per heavy atom. The molecule has 2 aromatic carbocycles. The van der Waals surface area contributed by atoms with Crippen molar-refractivity contribution < 1.29 is 5.11 Å². The molecule has 0 amide bonds. The van der Waals surface area contributed by atoms with Gasteiger partial charge in [-0.05, 0) is 35.8 Å². The number of hydrogen-bond acceptors (Lipinski definition) is 1. The highest BCUT2D eigenvalue weighted by molar-refractivity contribution is 5.27. The summed E-state index contributed by atoms with van der Waals surface area (Å²) in [6.07, 6.45) is 0. The van der Waals surface area contributed by atoms with Crippen molar-refractivity contribution in [2.75, 3.05) is 7.11 Å². The Labute approximate surface area is 163 Å². The minimum Gasteiger partial charge on any atom is -0.400 e. The molecular formula is C25H42O. The van der Waals surface area contributed by atoms with Crippen molar-refractivity contribution in [1.29, 1.82) is 0 Å². The minimum absolute atomic E-state index is 0.285. The SMILES string of the molecule is CC.CO.Cc1ccc(C(C)(C)C)cc1.Cc1ccc(C(C)(C)C)cc1. The molecule has 0 unspecified atom stereocenters. The molecule has 2 aromatic rings. The zero-order valence-corrected chi connectivity index (χ0v) is 19.1. The Balaban J connectivity index is 0. The smallest absolute Gasteiger partial charge is 0.0319 e. The monoisotopic (exact) mass is 358 g/mol. The molecule has 26 heavy (non-hydrogen) atoms. The van der Waals surface area contributed by atoms with Crippen LogP contribution in [0.25, 0.3) is 0 Å². The molecule has 0 aliphatic heterocycles. The molecule has 0 bridgehead atoms. The fraction of sp³-hybridized carbons (Fsp3) is 0.520. The fourth-order valence-corrected chi connectivity index (χ4v) is 2.11. The Hall–Kier alpha value is -1.60. The van der Waals surface area contributed by atoms with Crippen LogP contribution in [0.15, 0.2) is 48.5 Å². The van der Waals surface area contributed by atoms with Gasteiger partial charge in [-0.1, -0.05) is 115 Å².